The molecule has 31 heavy (non-hydrogen) atoms. The maximum absolute atomic E-state index is 12.5. The number of carbonyl (C=O) groups is 2. The molecule has 1 fully saturated rings. The molecule has 0 bridgehead atoms. The van der Waals surface area contributed by atoms with Gasteiger partial charge in [0, 0.05) is 62.8 Å². The fourth-order valence-corrected chi connectivity index (χ4v) is 3.77. The van der Waals surface area contributed by atoms with Gasteiger partial charge in [-0.2, -0.15) is 0 Å². The summed E-state index contributed by atoms with van der Waals surface area (Å²) in [6.45, 7) is 4.80. The van der Waals surface area contributed by atoms with Gasteiger partial charge in [-0.15, -0.1) is 0 Å². The lowest BCUT2D eigenvalue weighted by atomic mass is 10.2. The molecule has 0 radical (unpaired) electrons. The van der Waals surface area contributed by atoms with E-state index in [0.29, 0.717) is 18.7 Å². The van der Waals surface area contributed by atoms with Crippen LogP contribution in [0.4, 0.5) is 0 Å². The van der Waals surface area contributed by atoms with E-state index < -0.39 is 0 Å². The normalized spacial score (nSPS) is 14.4. The molecule has 0 spiro atoms. The minimum absolute atomic E-state index is 0.0310. The van der Waals surface area contributed by atoms with Crippen LogP contribution in [0, 0.1) is 0 Å². The van der Waals surface area contributed by atoms with Crippen LogP contribution in [-0.4, -0.2) is 70.4 Å². The minimum Gasteiger partial charge on any atom is -0.343 e. The largest absolute Gasteiger partial charge is 0.343 e. The third kappa shape index (κ3) is 5.38. The van der Waals surface area contributed by atoms with Gasteiger partial charge in [0.2, 0.25) is 5.91 Å². The zero-order chi connectivity index (χ0) is 21.5. The van der Waals surface area contributed by atoms with E-state index in [9.17, 15) is 9.59 Å². The molecule has 2 aromatic carbocycles. The predicted molar refractivity (Wildman–Crippen MR) is 119 cm³/mol. The molecule has 4 rings (SSSR count). The first kappa shape index (κ1) is 20.8. The van der Waals surface area contributed by atoms with E-state index in [1.807, 2.05) is 53.7 Å². The Morgan fingerprint density at radius 3 is 2.26 bits per heavy atom. The Bertz CT molecular complexity index is 995. The summed E-state index contributed by atoms with van der Waals surface area (Å²) < 4.78 is 2.17. The molecule has 0 unspecified atom stereocenters. The van der Waals surface area contributed by atoms with Gasteiger partial charge < -0.3 is 14.8 Å². The van der Waals surface area contributed by atoms with Crippen molar-refractivity contribution < 1.29 is 9.59 Å². The van der Waals surface area contributed by atoms with Gasteiger partial charge in [0.1, 0.15) is 5.82 Å². The van der Waals surface area contributed by atoms with Crippen LogP contribution >= 0.6 is 0 Å². The van der Waals surface area contributed by atoms with Crippen LogP contribution in [0.15, 0.2) is 73.1 Å². The minimum atomic E-state index is -0.220. The monoisotopic (exact) mass is 417 g/mol. The highest BCUT2D eigenvalue weighted by atomic mass is 16.2. The van der Waals surface area contributed by atoms with Crippen molar-refractivity contribution in [3.05, 3.63) is 78.6 Å². The molecule has 0 atom stereocenters. The average molecular weight is 418 g/mol. The van der Waals surface area contributed by atoms with Gasteiger partial charge in [-0.05, 0) is 12.1 Å². The van der Waals surface area contributed by atoms with E-state index in [0.717, 1.165) is 37.6 Å². The second-order valence-corrected chi connectivity index (χ2v) is 7.58. The van der Waals surface area contributed by atoms with Gasteiger partial charge in [0.05, 0.1) is 6.54 Å². The molecule has 7 heteroatoms. The number of nitrogens with one attached hydrogen (secondary N) is 1. The fourth-order valence-electron chi connectivity index (χ4n) is 3.77. The summed E-state index contributed by atoms with van der Waals surface area (Å²) in [7, 11) is 0. The topological polar surface area (TPSA) is 70.5 Å². The summed E-state index contributed by atoms with van der Waals surface area (Å²) in [5.41, 5.74) is 1.68. The number of benzene rings is 2. The molecular weight excluding hydrogens is 390 g/mol. The lowest BCUT2D eigenvalue weighted by molar-refractivity contribution is -0.131. The molecule has 0 saturated carbocycles. The molecule has 2 heterocycles. The van der Waals surface area contributed by atoms with Crippen LogP contribution in [0.2, 0.25) is 0 Å². The van der Waals surface area contributed by atoms with Crippen molar-refractivity contribution in [1.82, 2.24) is 24.7 Å². The molecule has 1 aliphatic heterocycles. The number of amides is 2. The van der Waals surface area contributed by atoms with Crippen molar-refractivity contribution in [3.8, 4) is 11.4 Å². The van der Waals surface area contributed by atoms with Gasteiger partial charge in [-0.3, -0.25) is 14.5 Å². The van der Waals surface area contributed by atoms with E-state index in [-0.39, 0.29) is 18.4 Å². The highest BCUT2D eigenvalue weighted by molar-refractivity contribution is 5.96. The Kier molecular flexibility index (Phi) is 6.74. The summed E-state index contributed by atoms with van der Waals surface area (Å²) in [6, 6.07) is 19.1. The summed E-state index contributed by atoms with van der Waals surface area (Å²) >= 11 is 0. The second-order valence-electron chi connectivity index (χ2n) is 7.58. The third-order valence-corrected chi connectivity index (χ3v) is 5.57. The maximum atomic E-state index is 12.5. The van der Waals surface area contributed by atoms with Gasteiger partial charge in [0.25, 0.3) is 5.91 Å². The van der Waals surface area contributed by atoms with Gasteiger partial charge in [-0.1, -0.05) is 48.5 Å². The second kappa shape index (κ2) is 10.0. The standard InChI is InChI=1S/C24H27N5O2/c30-22(19-26-24(31)21-9-5-2-6-10-21)28-16-13-27(14-17-28)15-18-29-12-11-25-23(29)20-7-3-1-4-8-20/h1-12H,13-19H2,(H,26,31). The zero-order valence-corrected chi connectivity index (χ0v) is 17.5. The number of piperazine rings is 1. The highest BCUT2D eigenvalue weighted by Gasteiger charge is 2.21. The number of hydrogen-bond donors (Lipinski definition) is 1. The van der Waals surface area contributed by atoms with Crippen LogP contribution in [0.5, 0.6) is 0 Å². The lowest BCUT2D eigenvalue weighted by Gasteiger charge is -2.34. The molecule has 1 saturated heterocycles. The van der Waals surface area contributed by atoms with Crippen molar-refractivity contribution in [2.45, 2.75) is 6.54 Å². The highest BCUT2D eigenvalue weighted by Crippen LogP contribution is 2.16. The average Bonchev–Trinajstić information content (AvgIpc) is 3.31. The first-order valence-electron chi connectivity index (χ1n) is 10.6. The Balaban J connectivity index is 1.21. The quantitative estimate of drug-likeness (QED) is 0.639. The van der Waals surface area contributed by atoms with Crippen molar-refractivity contribution in [1.29, 1.82) is 0 Å². The molecular formula is C24H27N5O2. The number of hydrogen-bond acceptors (Lipinski definition) is 4. The molecule has 1 aromatic heterocycles. The first-order chi connectivity index (χ1) is 15.2. The predicted octanol–water partition coefficient (Wildman–Crippen LogP) is 2.12. The van der Waals surface area contributed by atoms with Gasteiger partial charge >= 0.3 is 0 Å². The Morgan fingerprint density at radius 2 is 1.55 bits per heavy atom. The summed E-state index contributed by atoms with van der Waals surface area (Å²) in [5, 5.41) is 2.72. The Labute approximate surface area is 182 Å². The number of nitrogens with zero attached hydrogens (tertiary/aromatic N) is 4. The van der Waals surface area contributed by atoms with Crippen molar-refractivity contribution >= 4 is 11.8 Å². The summed E-state index contributed by atoms with van der Waals surface area (Å²) in [5.74, 6) is 0.718. The van der Waals surface area contributed by atoms with E-state index in [2.05, 4.69) is 31.9 Å². The number of rotatable bonds is 7. The fraction of sp³-hybridized carbons (Fsp3) is 0.292. The number of carbonyl (C=O) groups excluding carboxylic acids is 2. The Morgan fingerprint density at radius 1 is 0.871 bits per heavy atom. The molecule has 3 aromatic rings. The Hall–Kier alpha value is -3.45. The van der Waals surface area contributed by atoms with Gasteiger partial charge in [-0.25, -0.2) is 4.98 Å². The molecule has 2 amide bonds. The number of aromatic nitrogens is 2. The molecule has 1 aliphatic rings. The number of imidazole rings is 1. The lowest BCUT2D eigenvalue weighted by Crippen LogP contribution is -2.51. The van der Waals surface area contributed by atoms with E-state index >= 15 is 0 Å². The maximum Gasteiger partial charge on any atom is 0.251 e. The zero-order valence-electron chi connectivity index (χ0n) is 17.5. The SMILES string of the molecule is O=C(NCC(=O)N1CCN(CCn2ccnc2-c2ccccc2)CC1)c1ccccc1. The first-order valence-corrected chi connectivity index (χ1v) is 10.6. The van der Waals surface area contributed by atoms with E-state index in [1.165, 1.54) is 0 Å². The van der Waals surface area contributed by atoms with Crippen molar-refractivity contribution in [3.63, 3.8) is 0 Å². The van der Waals surface area contributed by atoms with Crippen LogP contribution in [-0.2, 0) is 11.3 Å². The smallest absolute Gasteiger partial charge is 0.251 e. The molecule has 160 valence electrons. The van der Waals surface area contributed by atoms with Crippen LogP contribution in [0.3, 0.4) is 0 Å². The van der Waals surface area contributed by atoms with Crippen molar-refractivity contribution in [2.24, 2.45) is 0 Å². The molecule has 7 nitrogen and oxygen atoms in total. The van der Waals surface area contributed by atoms with Gasteiger partial charge in [0.15, 0.2) is 0 Å². The summed E-state index contributed by atoms with van der Waals surface area (Å²) in [6.07, 6.45) is 3.85. The summed E-state index contributed by atoms with van der Waals surface area (Å²) in [4.78, 5) is 33.3. The van der Waals surface area contributed by atoms with Crippen LogP contribution in [0.25, 0.3) is 11.4 Å². The molecule has 1 N–H and O–H groups in total. The van der Waals surface area contributed by atoms with E-state index in [4.69, 9.17) is 0 Å². The van der Waals surface area contributed by atoms with Crippen LogP contribution < -0.4 is 5.32 Å². The van der Waals surface area contributed by atoms with E-state index in [1.54, 1.807) is 12.1 Å². The molecule has 0 aliphatic carbocycles. The van der Waals surface area contributed by atoms with Crippen LogP contribution in [0.1, 0.15) is 10.4 Å². The third-order valence-electron chi connectivity index (χ3n) is 5.57. The van der Waals surface area contributed by atoms with Crippen molar-refractivity contribution in [2.75, 3.05) is 39.3 Å².